The number of nitriles is 1. The molecule has 1 atom stereocenters. The highest BCUT2D eigenvalue weighted by Crippen LogP contribution is 2.28. The highest BCUT2D eigenvalue weighted by molar-refractivity contribution is 5.67. The third-order valence-electron chi connectivity index (χ3n) is 4.90. The quantitative estimate of drug-likeness (QED) is 0.453. The van der Waals surface area contributed by atoms with Crippen LogP contribution in [-0.4, -0.2) is 36.3 Å². The molecular weight excluding hydrogens is 404 g/mol. The summed E-state index contributed by atoms with van der Waals surface area (Å²) in [5.74, 6) is 1.01. The highest BCUT2D eigenvalue weighted by atomic mass is 16.5. The average molecular weight is 426 g/mol. The Hall–Kier alpha value is -4.32. The summed E-state index contributed by atoms with van der Waals surface area (Å²) in [6, 6.07) is 15.7. The lowest BCUT2D eigenvalue weighted by Gasteiger charge is -2.16. The van der Waals surface area contributed by atoms with Gasteiger partial charge in [0.05, 0.1) is 12.1 Å². The number of aromatic nitrogens is 6. The zero-order valence-electron chi connectivity index (χ0n) is 17.8. The number of aryl methyl sites for hydroxylation is 1. The number of hydrogen-bond donors (Lipinski definition) is 1. The second-order valence-electron chi connectivity index (χ2n) is 7.21. The van der Waals surface area contributed by atoms with E-state index in [0.717, 1.165) is 23.2 Å². The van der Waals surface area contributed by atoms with Crippen LogP contribution < -0.4 is 10.1 Å². The van der Waals surface area contributed by atoms with E-state index in [1.165, 1.54) is 11.9 Å². The van der Waals surface area contributed by atoms with Crippen molar-refractivity contribution >= 4 is 11.6 Å². The van der Waals surface area contributed by atoms with Crippen LogP contribution in [0.1, 0.15) is 25.0 Å². The van der Waals surface area contributed by atoms with Crippen molar-refractivity contribution in [2.75, 3.05) is 5.32 Å². The summed E-state index contributed by atoms with van der Waals surface area (Å²) in [5.41, 5.74) is 4.32. The Morgan fingerprint density at radius 2 is 1.94 bits per heavy atom. The number of anilines is 2. The molecular formula is C23H22N8O. The van der Waals surface area contributed by atoms with E-state index in [1.54, 1.807) is 23.1 Å². The molecule has 32 heavy (non-hydrogen) atoms. The van der Waals surface area contributed by atoms with Crippen LogP contribution in [-0.2, 0) is 13.0 Å². The molecule has 0 spiro atoms. The largest absolute Gasteiger partial charge is 0.487 e. The Bertz CT molecular complexity index is 1220. The number of nitrogens with one attached hydrogen (secondary N) is 1. The molecule has 0 radical (unpaired) electrons. The molecule has 0 bridgehead atoms. The molecule has 1 N–H and O–H groups in total. The molecule has 0 fully saturated rings. The van der Waals surface area contributed by atoms with Crippen molar-refractivity contribution in [1.29, 1.82) is 5.26 Å². The molecule has 2 heterocycles. The normalized spacial score (nSPS) is 11.5. The van der Waals surface area contributed by atoms with Gasteiger partial charge in [0.1, 0.15) is 24.3 Å². The summed E-state index contributed by atoms with van der Waals surface area (Å²) in [4.78, 5) is 8.91. The second kappa shape index (κ2) is 9.66. The zero-order chi connectivity index (χ0) is 22.3. The number of hydrogen-bond acceptors (Lipinski definition) is 8. The van der Waals surface area contributed by atoms with Gasteiger partial charge in [0.15, 0.2) is 0 Å². The van der Waals surface area contributed by atoms with Gasteiger partial charge in [-0.05, 0) is 53.1 Å². The van der Waals surface area contributed by atoms with Gasteiger partial charge in [-0.3, -0.25) is 0 Å². The summed E-state index contributed by atoms with van der Waals surface area (Å²) >= 11 is 0. The van der Waals surface area contributed by atoms with E-state index in [-0.39, 0.29) is 6.10 Å². The average Bonchev–Trinajstić information content (AvgIpc) is 3.33. The van der Waals surface area contributed by atoms with Gasteiger partial charge < -0.3 is 10.1 Å². The molecule has 9 heteroatoms. The fourth-order valence-electron chi connectivity index (χ4n) is 3.29. The number of rotatable bonds is 8. The lowest BCUT2D eigenvalue weighted by atomic mass is 10.1. The lowest BCUT2D eigenvalue weighted by molar-refractivity contribution is 0.192. The smallest absolute Gasteiger partial charge is 0.227 e. The van der Waals surface area contributed by atoms with Crippen LogP contribution in [0.4, 0.5) is 11.6 Å². The maximum absolute atomic E-state index is 9.47. The molecule has 0 aliphatic heterocycles. The summed E-state index contributed by atoms with van der Waals surface area (Å²) in [6.07, 6.45) is 5.70. The fraction of sp³-hybridized carbons (Fsp3) is 0.217. The minimum atomic E-state index is -0.234. The maximum atomic E-state index is 9.47. The molecule has 1 unspecified atom stereocenters. The monoisotopic (exact) mass is 426 g/mol. The first-order valence-electron chi connectivity index (χ1n) is 10.2. The Labute approximate surface area is 185 Å². The molecule has 0 aliphatic rings. The van der Waals surface area contributed by atoms with E-state index in [2.05, 4.69) is 49.9 Å². The van der Waals surface area contributed by atoms with Crippen molar-refractivity contribution in [1.82, 2.24) is 30.2 Å². The third kappa shape index (κ3) is 4.87. The molecule has 2 aromatic carbocycles. The standard InChI is InChI=1S/C23H22N8O/c1-3-17-6-4-5-7-21(17)28-23-25-12-20(13-26-23)18-8-9-19(11-24)22(10-18)32-16(2)14-31-15-27-29-30-31/h4-10,12-13,15-16H,3,14H2,1-2H3,(H,25,26,28). The number of ether oxygens (including phenoxy) is 1. The first-order valence-corrected chi connectivity index (χ1v) is 10.2. The van der Waals surface area contributed by atoms with Crippen LogP contribution in [0.2, 0.25) is 0 Å². The van der Waals surface area contributed by atoms with Crippen LogP contribution in [0.25, 0.3) is 11.1 Å². The molecule has 4 rings (SSSR count). The molecule has 4 aromatic rings. The van der Waals surface area contributed by atoms with Gasteiger partial charge in [-0.1, -0.05) is 31.2 Å². The first kappa shape index (κ1) is 20.9. The number of tetrazole rings is 1. The van der Waals surface area contributed by atoms with Gasteiger partial charge >= 0.3 is 0 Å². The summed E-state index contributed by atoms with van der Waals surface area (Å²) < 4.78 is 7.59. The van der Waals surface area contributed by atoms with E-state index in [0.29, 0.717) is 23.8 Å². The topological polar surface area (TPSA) is 114 Å². The van der Waals surface area contributed by atoms with Crippen molar-refractivity contribution in [3.63, 3.8) is 0 Å². The van der Waals surface area contributed by atoms with E-state index in [9.17, 15) is 5.26 Å². The van der Waals surface area contributed by atoms with E-state index in [1.807, 2.05) is 37.3 Å². The van der Waals surface area contributed by atoms with Gasteiger partial charge in [0, 0.05) is 23.6 Å². The SMILES string of the molecule is CCc1ccccc1Nc1ncc(-c2ccc(C#N)c(OC(C)Cn3cnnn3)c2)cn1. The Morgan fingerprint density at radius 3 is 2.66 bits per heavy atom. The number of para-hydroxylation sites is 1. The zero-order valence-corrected chi connectivity index (χ0v) is 17.8. The Balaban J connectivity index is 1.52. The van der Waals surface area contributed by atoms with Crippen molar-refractivity contribution in [3.8, 4) is 22.9 Å². The van der Waals surface area contributed by atoms with Crippen LogP contribution in [0, 0.1) is 11.3 Å². The molecule has 0 saturated heterocycles. The van der Waals surface area contributed by atoms with Crippen molar-refractivity contribution < 1.29 is 4.74 Å². The van der Waals surface area contributed by atoms with Crippen molar-refractivity contribution in [2.45, 2.75) is 32.9 Å². The van der Waals surface area contributed by atoms with Crippen LogP contribution >= 0.6 is 0 Å². The Morgan fingerprint density at radius 1 is 1.12 bits per heavy atom. The van der Waals surface area contributed by atoms with Crippen LogP contribution in [0.5, 0.6) is 5.75 Å². The third-order valence-corrected chi connectivity index (χ3v) is 4.90. The molecule has 2 aromatic heterocycles. The lowest BCUT2D eigenvalue weighted by Crippen LogP contribution is -2.20. The van der Waals surface area contributed by atoms with Gasteiger partial charge in [-0.15, -0.1) is 5.10 Å². The van der Waals surface area contributed by atoms with Gasteiger partial charge in [-0.25, -0.2) is 14.6 Å². The molecule has 0 amide bonds. The minimum Gasteiger partial charge on any atom is -0.487 e. The van der Waals surface area contributed by atoms with Crippen LogP contribution in [0.3, 0.4) is 0 Å². The van der Waals surface area contributed by atoms with Gasteiger partial charge in [-0.2, -0.15) is 5.26 Å². The highest BCUT2D eigenvalue weighted by Gasteiger charge is 2.12. The van der Waals surface area contributed by atoms with E-state index >= 15 is 0 Å². The molecule has 160 valence electrons. The van der Waals surface area contributed by atoms with Gasteiger partial charge in [0.25, 0.3) is 0 Å². The number of benzene rings is 2. The maximum Gasteiger partial charge on any atom is 0.227 e. The van der Waals surface area contributed by atoms with Gasteiger partial charge in [0.2, 0.25) is 5.95 Å². The first-order chi connectivity index (χ1) is 15.7. The fourth-order valence-corrected chi connectivity index (χ4v) is 3.29. The second-order valence-corrected chi connectivity index (χ2v) is 7.21. The predicted octanol–water partition coefficient (Wildman–Crippen LogP) is 3.78. The van der Waals surface area contributed by atoms with Crippen molar-refractivity contribution in [2.24, 2.45) is 0 Å². The van der Waals surface area contributed by atoms with E-state index < -0.39 is 0 Å². The summed E-state index contributed by atoms with van der Waals surface area (Å²) in [5, 5.41) is 23.8. The van der Waals surface area contributed by atoms with Crippen LogP contribution in [0.15, 0.2) is 61.2 Å². The predicted molar refractivity (Wildman–Crippen MR) is 119 cm³/mol. The van der Waals surface area contributed by atoms with E-state index in [4.69, 9.17) is 4.74 Å². The number of nitrogens with zero attached hydrogens (tertiary/aromatic N) is 7. The minimum absolute atomic E-state index is 0.234. The summed E-state index contributed by atoms with van der Waals surface area (Å²) in [7, 11) is 0. The summed E-state index contributed by atoms with van der Waals surface area (Å²) in [6.45, 7) is 4.47. The Kier molecular flexibility index (Phi) is 6.32. The molecule has 9 nitrogen and oxygen atoms in total. The molecule has 0 aliphatic carbocycles. The van der Waals surface area contributed by atoms with Crippen molar-refractivity contribution in [3.05, 3.63) is 72.3 Å². The molecule has 0 saturated carbocycles.